The zero-order valence-electron chi connectivity index (χ0n) is 12.4. The Morgan fingerprint density at radius 2 is 2.00 bits per heavy atom. The molecular formula is C15H19ClN2O2S. The molecule has 0 radical (unpaired) electrons. The fourth-order valence-electron chi connectivity index (χ4n) is 3.01. The Morgan fingerprint density at radius 3 is 2.52 bits per heavy atom. The van der Waals surface area contributed by atoms with Crippen LogP contribution in [-0.4, -0.2) is 27.8 Å². The molecule has 0 bridgehead atoms. The van der Waals surface area contributed by atoms with Gasteiger partial charge in [-0.05, 0) is 51.7 Å². The molecule has 1 aromatic heterocycles. The van der Waals surface area contributed by atoms with Crippen LogP contribution in [0, 0.1) is 5.92 Å². The molecule has 3 rings (SSSR count). The first-order valence-electron chi connectivity index (χ1n) is 7.14. The smallest absolute Gasteiger partial charge is 0.248 e. The number of thiophene rings is 1. The number of carbonyl (C=O) groups excluding carboxylic acids is 2. The van der Waals surface area contributed by atoms with Crippen molar-refractivity contribution in [3.05, 3.63) is 21.3 Å². The van der Waals surface area contributed by atoms with Crippen molar-refractivity contribution in [1.29, 1.82) is 0 Å². The van der Waals surface area contributed by atoms with E-state index in [4.69, 9.17) is 11.6 Å². The van der Waals surface area contributed by atoms with E-state index >= 15 is 0 Å². The summed E-state index contributed by atoms with van der Waals surface area (Å²) in [5, 5.41) is 2.89. The summed E-state index contributed by atoms with van der Waals surface area (Å²) >= 11 is 7.44. The predicted octanol–water partition coefficient (Wildman–Crippen LogP) is 2.81. The number of nitrogens with one attached hydrogen (secondary N) is 1. The fraction of sp³-hybridized carbons (Fsp3) is 0.600. The van der Waals surface area contributed by atoms with Crippen LogP contribution in [0.15, 0.2) is 12.1 Å². The van der Waals surface area contributed by atoms with Crippen molar-refractivity contribution in [2.24, 2.45) is 5.92 Å². The van der Waals surface area contributed by atoms with Crippen LogP contribution in [0.2, 0.25) is 4.34 Å². The van der Waals surface area contributed by atoms with Crippen LogP contribution in [0.4, 0.5) is 0 Å². The monoisotopic (exact) mass is 326 g/mol. The number of amides is 2. The molecule has 1 saturated heterocycles. The Hall–Kier alpha value is -1.07. The van der Waals surface area contributed by atoms with Crippen LogP contribution in [0.3, 0.4) is 0 Å². The molecule has 4 nitrogen and oxygen atoms in total. The molecule has 1 aliphatic heterocycles. The normalized spacial score (nSPS) is 28.7. The summed E-state index contributed by atoms with van der Waals surface area (Å²) in [5.41, 5.74) is -1.60. The number of carbonyl (C=O) groups is 2. The molecule has 0 aromatic carbocycles. The zero-order valence-corrected chi connectivity index (χ0v) is 14.0. The van der Waals surface area contributed by atoms with Crippen LogP contribution in [0.25, 0.3) is 0 Å². The van der Waals surface area contributed by atoms with Gasteiger partial charge in [-0.3, -0.25) is 9.59 Å². The van der Waals surface area contributed by atoms with E-state index in [9.17, 15) is 9.59 Å². The van der Waals surface area contributed by atoms with Gasteiger partial charge < -0.3 is 10.2 Å². The third-order valence-corrected chi connectivity index (χ3v) is 5.76. The number of piperazine rings is 1. The van der Waals surface area contributed by atoms with Crippen molar-refractivity contribution in [1.82, 2.24) is 10.2 Å². The molecule has 2 heterocycles. The number of hydrogen-bond donors (Lipinski definition) is 1. The lowest BCUT2D eigenvalue weighted by molar-refractivity contribution is -0.163. The van der Waals surface area contributed by atoms with Crippen molar-refractivity contribution in [3.8, 4) is 0 Å². The Bertz CT molecular complexity index is 609. The third-order valence-electron chi connectivity index (χ3n) is 4.54. The minimum atomic E-state index is -0.855. The van der Waals surface area contributed by atoms with Gasteiger partial charge in [-0.15, -0.1) is 11.3 Å². The molecule has 1 atom stereocenters. The minimum Gasteiger partial charge on any atom is -0.340 e. The van der Waals surface area contributed by atoms with Gasteiger partial charge in [-0.25, -0.2) is 0 Å². The molecule has 2 aliphatic rings. The Balaban J connectivity index is 1.97. The van der Waals surface area contributed by atoms with Crippen LogP contribution in [0.5, 0.6) is 0 Å². The van der Waals surface area contributed by atoms with E-state index < -0.39 is 11.1 Å². The van der Waals surface area contributed by atoms with E-state index in [0.29, 0.717) is 10.9 Å². The van der Waals surface area contributed by atoms with Crippen molar-refractivity contribution >= 4 is 34.8 Å². The lowest BCUT2D eigenvalue weighted by Gasteiger charge is -2.49. The molecule has 1 aromatic rings. The summed E-state index contributed by atoms with van der Waals surface area (Å²) in [6.45, 7) is 5.85. The van der Waals surface area contributed by atoms with E-state index in [0.717, 1.165) is 17.7 Å². The number of halogens is 1. The second-order valence-electron chi connectivity index (χ2n) is 6.60. The summed E-state index contributed by atoms with van der Waals surface area (Å²) in [5.74, 6) is 0.186. The molecule has 1 aliphatic carbocycles. The summed E-state index contributed by atoms with van der Waals surface area (Å²) < 4.78 is 0.700. The van der Waals surface area contributed by atoms with Gasteiger partial charge in [0.2, 0.25) is 11.8 Å². The molecule has 1 saturated carbocycles. The van der Waals surface area contributed by atoms with E-state index in [2.05, 4.69) is 5.32 Å². The highest BCUT2D eigenvalue weighted by atomic mass is 35.5. The quantitative estimate of drug-likeness (QED) is 0.928. The molecule has 2 fully saturated rings. The summed E-state index contributed by atoms with van der Waals surface area (Å²) in [7, 11) is 0. The zero-order chi connectivity index (χ0) is 15.4. The minimum absolute atomic E-state index is 0.0268. The van der Waals surface area contributed by atoms with Crippen LogP contribution < -0.4 is 5.32 Å². The Morgan fingerprint density at radius 1 is 1.33 bits per heavy atom. The van der Waals surface area contributed by atoms with Crippen LogP contribution in [-0.2, 0) is 16.1 Å². The number of rotatable bonds is 3. The van der Waals surface area contributed by atoms with E-state index in [1.165, 1.54) is 11.3 Å². The molecule has 114 valence electrons. The molecule has 0 spiro atoms. The SMILES string of the molecule is CC1(C)NC(=O)C(C)(C2CC2)N(Cc2ccc(Cl)s2)C1=O. The first-order chi connectivity index (χ1) is 9.75. The van der Waals surface area contributed by atoms with Gasteiger partial charge in [0.1, 0.15) is 11.1 Å². The summed E-state index contributed by atoms with van der Waals surface area (Å²) in [6.07, 6.45) is 2.00. The average molecular weight is 327 g/mol. The highest BCUT2D eigenvalue weighted by Crippen LogP contribution is 2.46. The molecular weight excluding hydrogens is 308 g/mol. The maximum Gasteiger partial charge on any atom is 0.248 e. The van der Waals surface area contributed by atoms with Crippen molar-refractivity contribution in [2.45, 2.75) is 51.2 Å². The van der Waals surface area contributed by atoms with Crippen LogP contribution in [0.1, 0.15) is 38.5 Å². The first kappa shape index (κ1) is 14.9. The predicted molar refractivity (Wildman–Crippen MR) is 83.2 cm³/mol. The molecule has 1 N–H and O–H groups in total. The Kier molecular flexibility index (Phi) is 3.33. The lowest BCUT2D eigenvalue weighted by atomic mass is 9.84. The average Bonchev–Trinajstić information content (AvgIpc) is 3.17. The van der Waals surface area contributed by atoms with Gasteiger partial charge in [0.25, 0.3) is 0 Å². The Labute approximate surface area is 133 Å². The van der Waals surface area contributed by atoms with Gasteiger partial charge >= 0.3 is 0 Å². The summed E-state index contributed by atoms with van der Waals surface area (Å²) in [4.78, 5) is 28.2. The standard InChI is InChI=1S/C15H19ClN2O2S/c1-14(2)13(20)18(8-10-6-7-11(16)21-10)15(3,9-4-5-9)12(19)17-14/h6-7,9H,4-5,8H2,1-3H3,(H,17,19). The first-order valence-corrected chi connectivity index (χ1v) is 8.33. The van der Waals surface area contributed by atoms with E-state index in [1.54, 1.807) is 18.7 Å². The maximum absolute atomic E-state index is 12.8. The van der Waals surface area contributed by atoms with Gasteiger partial charge in [-0.1, -0.05) is 11.6 Å². The molecule has 21 heavy (non-hydrogen) atoms. The summed E-state index contributed by atoms with van der Waals surface area (Å²) in [6, 6.07) is 3.75. The fourth-order valence-corrected chi connectivity index (χ4v) is 4.09. The lowest BCUT2D eigenvalue weighted by Crippen LogP contribution is -2.73. The van der Waals surface area contributed by atoms with Crippen molar-refractivity contribution in [2.75, 3.05) is 0 Å². The van der Waals surface area contributed by atoms with Crippen molar-refractivity contribution < 1.29 is 9.59 Å². The second kappa shape index (κ2) is 4.71. The topological polar surface area (TPSA) is 49.4 Å². The molecule has 6 heteroatoms. The highest BCUT2D eigenvalue weighted by Gasteiger charge is 2.59. The second-order valence-corrected chi connectivity index (χ2v) is 8.40. The van der Waals surface area contributed by atoms with Gasteiger partial charge in [-0.2, -0.15) is 0 Å². The van der Waals surface area contributed by atoms with Gasteiger partial charge in [0.15, 0.2) is 0 Å². The van der Waals surface area contributed by atoms with E-state index in [1.807, 2.05) is 19.1 Å². The number of nitrogens with zero attached hydrogens (tertiary/aromatic N) is 1. The maximum atomic E-state index is 12.8. The molecule has 2 amide bonds. The third kappa shape index (κ3) is 2.36. The van der Waals surface area contributed by atoms with E-state index in [-0.39, 0.29) is 17.7 Å². The van der Waals surface area contributed by atoms with Gasteiger partial charge in [0, 0.05) is 4.88 Å². The van der Waals surface area contributed by atoms with Gasteiger partial charge in [0.05, 0.1) is 10.9 Å². The van der Waals surface area contributed by atoms with Crippen LogP contribution >= 0.6 is 22.9 Å². The number of hydrogen-bond acceptors (Lipinski definition) is 3. The largest absolute Gasteiger partial charge is 0.340 e. The van der Waals surface area contributed by atoms with Crippen molar-refractivity contribution in [3.63, 3.8) is 0 Å². The highest BCUT2D eigenvalue weighted by molar-refractivity contribution is 7.16. The molecule has 1 unspecified atom stereocenters.